The number of ether oxygens (including phenoxy) is 1. The number of aromatic nitrogens is 1. The topological polar surface area (TPSA) is 59.5 Å². The first-order chi connectivity index (χ1) is 10.7. The normalized spacial score (nSPS) is 15.8. The number of thiophene rings is 1. The quantitative estimate of drug-likeness (QED) is 0.809. The van der Waals surface area contributed by atoms with Crippen molar-refractivity contribution in [1.82, 2.24) is 9.88 Å². The number of rotatable bonds is 3. The number of carbonyl (C=O) groups excluding carboxylic acids is 2. The Labute approximate surface area is 136 Å². The lowest BCUT2D eigenvalue weighted by atomic mass is 9.97. The van der Waals surface area contributed by atoms with Gasteiger partial charge in [-0.05, 0) is 24.3 Å². The SMILES string of the molecule is COC(=O)C1CCN(C(=O)c2csc(-c3cccs3)n2)CC1. The van der Waals surface area contributed by atoms with Crippen molar-refractivity contribution in [2.45, 2.75) is 12.8 Å². The average molecular weight is 336 g/mol. The number of likely N-dealkylation sites (tertiary alicyclic amines) is 1. The summed E-state index contributed by atoms with van der Waals surface area (Å²) in [4.78, 5) is 31.3. The minimum atomic E-state index is -0.180. The van der Waals surface area contributed by atoms with Gasteiger partial charge in [0, 0.05) is 18.5 Å². The fraction of sp³-hybridized carbons (Fsp3) is 0.400. The number of esters is 1. The highest BCUT2D eigenvalue weighted by molar-refractivity contribution is 7.20. The molecule has 5 nitrogen and oxygen atoms in total. The Morgan fingerprint density at radius 2 is 2.09 bits per heavy atom. The van der Waals surface area contributed by atoms with Crippen molar-refractivity contribution in [2.24, 2.45) is 5.92 Å². The molecule has 2 aromatic rings. The van der Waals surface area contributed by atoms with E-state index in [2.05, 4.69) is 4.98 Å². The monoisotopic (exact) mass is 336 g/mol. The Morgan fingerprint density at radius 3 is 2.73 bits per heavy atom. The van der Waals surface area contributed by atoms with Crippen molar-refractivity contribution in [3.8, 4) is 9.88 Å². The number of hydrogen-bond acceptors (Lipinski definition) is 6. The highest BCUT2D eigenvalue weighted by Crippen LogP contribution is 2.28. The van der Waals surface area contributed by atoms with Gasteiger partial charge in [0.1, 0.15) is 10.7 Å². The van der Waals surface area contributed by atoms with Crippen molar-refractivity contribution in [3.05, 3.63) is 28.6 Å². The van der Waals surface area contributed by atoms with Gasteiger partial charge in [-0.2, -0.15) is 0 Å². The molecule has 2 aromatic heterocycles. The lowest BCUT2D eigenvalue weighted by Crippen LogP contribution is -2.40. The minimum Gasteiger partial charge on any atom is -0.469 e. The molecule has 3 heterocycles. The molecule has 0 aliphatic carbocycles. The van der Waals surface area contributed by atoms with Gasteiger partial charge in [-0.15, -0.1) is 22.7 Å². The third-order valence-corrected chi connectivity index (χ3v) is 5.65. The molecule has 116 valence electrons. The van der Waals surface area contributed by atoms with Crippen LogP contribution in [0, 0.1) is 5.92 Å². The van der Waals surface area contributed by atoms with E-state index in [-0.39, 0.29) is 17.8 Å². The number of piperidine rings is 1. The van der Waals surface area contributed by atoms with Crippen LogP contribution in [0.25, 0.3) is 9.88 Å². The fourth-order valence-electron chi connectivity index (χ4n) is 2.53. The Kier molecular flexibility index (Phi) is 4.54. The van der Waals surface area contributed by atoms with Crippen molar-refractivity contribution >= 4 is 34.6 Å². The molecule has 0 radical (unpaired) electrons. The second-order valence-corrected chi connectivity index (χ2v) is 6.91. The van der Waals surface area contributed by atoms with Crippen molar-refractivity contribution in [2.75, 3.05) is 20.2 Å². The standard InChI is InChI=1S/C15H16N2O3S2/c1-20-15(19)10-4-6-17(7-5-10)14(18)11-9-22-13(16-11)12-3-2-8-21-12/h2-3,8-10H,4-7H2,1H3. The zero-order chi connectivity index (χ0) is 15.5. The van der Waals surface area contributed by atoms with Crippen LogP contribution in [0.3, 0.4) is 0 Å². The number of thiazole rings is 1. The smallest absolute Gasteiger partial charge is 0.308 e. The van der Waals surface area contributed by atoms with Gasteiger partial charge in [0.2, 0.25) is 0 Å². The van der Waals surface area contributed by atoms with E-state index in [0.29, 0.717) is 31.6 Å². The predicted octanol–water partition coefficient (Wildman–Crippen LogP) is 2.90. The van der Waals surface area contributed by atoms with Crippen molar-refractivity contribution in [1.29, 1.82) is 0 Å². The number of amides is 1. The maximum absolute atomic E-state index is 12.5. The fourth-order valence-corrected chi connectivity index (χ4v) is 4.14. The maximum Gasteiger partial charge on any atom is 0.308 e. The van der Waals surface area contributed by atoms with Gasteiger partial charge in [-0.25, -0.2) is 4.98 Å². The Bertz CT molecular complexity index is 658. The van der Waals surface area contributed by atoms with E-state index in [1.54, 1.807) is 16.2 Å². The predicted molar refractivity (Wildman–Crippen MR) is 86.1 cm³/mol. The summed E-state index contributed by atoms with van der Waals surface area (Å²) in [7, 11) is 1.40. The molecule has 3 rings (SSSR count). The third-order valence-electron chi connectivity index (χ3n) is 3.77. The Hall–Kier alpha value is -1.73. The maximum atomic E-state index is 12.5. The number of nitrogens with zero attached hydrogens (tertiary/aromatic N) is 2. The molecule has 1 aliphatic heterocycles. The summed E-state index contributed by atoms with van der Waals surface area (Å²) in [5.74, 6) is -0.325. The zero-order valence-electron chi connectivity index (χ0n) is 12.2. The molecule has 0 atom stereocenters. The highest BCUT2D eigenvalue weighted by atomic mass is 32.1. The van der Waals surface area contributed by atoms with Crippen LogP contribution in [-0.4, -0.2) is 42.0 Å². The van der Waals surface area contributed by atoms with E-state index < -0.39 is 0 Å². The largest absolute Gasteiger partial charge is 0.469 e. The van der Waals surface area contributed by atoms with Crippen LogP contribution in [0.15, 0.2) is 22.9 Å². The minimum absolute atomic E-state index is 0.0534. The van der Waals surface area contributed by atoms with E-state index in [4.69, 9.17) is 4.74 Å². The molecular formula is C15H16N2O3S2. The van der Waals surface area contributed by atoms with Gasteiger partial charge in [-0.1, -0.05) is 6.07 Å². The molecule has 1 aliphatic rings. The van der Waals surface area contributed by atoms with Crippen molar-refractivity contribution < 1.29 is 14.3 Å². The van der Waals surface area contributed by atoms with Crippen LogP contribution in [0.5, 0.6) is 0 Å². The van der Waals surface area contributed by atoms with E-state index in [0.717, 1.165) is 9.88 Å². The molecule has 1 fully saturated rings. The summed E-state index contributed by atoms with van der Waals surface area (Å²) in [6.45, 7) is 1.15. The lowest BCUT2D eigenvalue weighted by molar-refractivity contribution is -0.146. The van der Waals surface area contributed by atoms with Crippen LogP contribution in [0.4, 0.5) is 0 Å². The number of carbonyl (C=O) groups is 2. The zero-order valence-corrected chi connectivity index (χ0v) is 13.8. The first-order valence-electron chi connectivity index (χ1n) is 7.05. The van der Waals surface area contributed by atoms with Crippen LogP contribution in [0.2, 0.25) is 0 Å². The molecule has 0 bridgehead atoms. The summed E-state index contributed by atoms with van der Waals surface area (Å²) < 4.78 is 4.76. The van der Waals surface area contributed by atoms with Gasteiger partial charge in [0.05, 0.1) is 17.9 Å². The first kappa shape index (κ1) is 15.2. The van der Waals surface area contributed by atoms with Gasteiger partial charge >= 0.3 is 5.97 Å². The van der Waals surface area contributed by atoms with Crippen LogP contribution in [0.1, 0.15) is 23.3 Å². The Morgan fingerprint density at radius 1 is 1.32 bits per heavy atom. The van der Waals surface area contributed by atoms with E-state index in [1.165, 1.54) is 18.4 Å². The molecule has 0 N–H and O–H groups in total. The molecule has 0 saturated carbocycles. The molecule has 1 saturated heterocycles. The van der Waals surface area contributed by atoms with E-state index in [9.17, 15) is 9.59 Å². The Balaban J connectivity index is 1.64. The number of hydrogen-bond donors (Lipinski definition) is 0. The summed E-state index contributed by atoms with van der Waals surface area (Å²) in [5.41, 5.74) is 0.491. The van der Waals surface area contributed by atoms with Crippen LogP contribution < -0.4 is 0 Å². The molecule has 0 aromatic carbocycles. The second-order valence-electron chi connectivity index (χ2n) is 5.10. The summed E-state index contributed by atoms with van der Waals surface area (Å²) >= 11 is 3.10. The third kappa shape index (κ3) is 3.05. The van der Waals surface area contributed by atoms with Gasteiger partial charge in [0.15, 0.2) is 0 Å². The summed E-state index contributed by atoms with van der Waals surface area (Å²) in [6, 6.07) is 3.97. The second kappa shape index (κ2) is 6.58. The number of methoxy groups -OCH3 is 1. The van der Waals surface area contributed by atoms with Crippen molar-refractivity contribution in [3.63, 3.8) is 0 Å². The molecule has 0 spiro atoms. The highest BCUT2D eigenvalue weighted by Gasteiger charge is 2.29. The first-order valence-corrected chi connectivity index (χ1v) is 8.81. The molecule has 1 amide bonds. The molecule has 7 heteroatoms. The van der Waals surface area contributed by atoms with Gasteiger partial charge < -0.3 is 9.64 Å². The van der Waals surface area contributed by atoms with E-state index in [1.807, 2.05) is 22.9 Å². The van der Waals surface area contributed by atoms with Crippen LogP contribution >= 0.6 is 22.7 Å². The molecular weight excluding hydrogens is 320 g/mol. The molecule has 22 heavy (non-hydrogen) atoms. The summed E-state index contributed by atoms with van der Waals surface area (Å²) in [6.07, 6.45) is 1.31. The molecule has 0 unspecified atom stereocenters. The van der Waals surface area contributed by atoms with Gasteiger partial charge in [0.25, 0.3) is 5.91 Å². The average Bonchev–Trinajstić information content (AvgIpc) is 3.24. The van der Waals surface area contributed by atoms with Crippen LogP contribution in [-0.2, 0) is 9.53 Å². The lowest BCUT2D eigenvalue weighted by Gasteiger charge is -2.30. The van der Waals surface area contributed by atoms with E-state index >= 15 is 0 Å². The summed E-state index contributed by atoms with van der Waals surface area (Å²) in [5, 5.41) is 4.68. The van der Waals surface area contributed by atoms with Gasteiger partial charge in [-0.3, -0.25) is 9.59 Å².